The number of phenols is 1. The lowest BCUT2D eigenvalue weighted by molar-refractivity contribution is 0.103. The molecule has 0 unspecified atom stereocenters. The molecular weight excluding hydrogens is 382 g/mol. The molecule has 0 bridgehead atoms. The molecule has 0 aliphatic rings. The second-order valence-electron chi connectivity index (χ2n) is 5.56. The van der Waals surface area contributed by atoms with Gasteiger partial charge in [-0.3, -0.25) is 4.79 Å². The van der Waals surface area contributed by atoms with Crippen LogP contribution < -0.4 is 4.74 Å². The summed E-state index contributed by atoms with van der Waals surface area (Å²) in [6, 6.07) is 8.47. The first-order valence-electron chi connectivity index (χ1n) is 7.49. The Balaban J connectivity index is 2.05. The van der Waals surface area contributed by atoms with Crippen LogP contribution in [-0.2, 0) is 0 Å². The zero-order chi connectivity index (χ0) is 19.0. The van der Waals surface area contributed by atoms with Crippen LogP contribution in [0.4, 0.5) is 8.78 Å². The molecule has 134 valence electrons. The van der Waals surface area contributed by atoms with Gasteiger partial charge in [0.25, 0.3) is 0 Å². The summed E-state index contributed by atoms with van der Waals surface area (Å²) in [5.74, 6) is -3.37. The predicted molar refractivity (Wildman–Crippen MR) is 97.5 cm³/mol. The first kappa shape index (κ1) is 18.4. The van der Waals surface area contributed by atoms with Gasteiger partial charge in [0.1, 0.15) is 11.6 Å². The van der Waals surface area contributed by atoms with Crippen LogP contribution in [0.2, 0.25) is 5.02 Å². The number of hydrogen-bond donors (Lipinski definition) is 1. The average Bonchev–Trinajstić information content (AvgIpc) is 3.00. The Morgan fingerprint density at radius 1 is 1.19 bits per heavy atom. The van der Waals surface area contributed by atoms with Crippen molar-refractivity contribution in [2.45, 2.75) is 6.92 Å². The Hall–Kier alpha value is -2.44. The summed E-state index contributed by atoms with van der Waals surface area (Å²) in [6.07, 6.45) is 0. The molecule has 2 aromatic carbocycles. The molecule has 0 amide bonds. The SMILES string of the molecule is COc1ccc(-c2sc(C(=O)c3c(F)ccc(O)c3F)cc2C)cc1Cl. The molecule has 0 aliphatic carbocycles. The third-order valence-corrected chi connectivity index (χ3v) is 5.43. The summed E-state index contributed by atoms with van der Waals surface area (Å²) in [5, 5.41) is 9.83. The van der Waals surface area contributed by atoms with E-state index in [1.54, 1.807) is 31.2 Å². The van der Waals surface area contributed by atoms with Gasteiger partial charge in [-0.05, 0) is 54.4 Å². The maximum atomic E-state index is 14.0. The summed E-state index contributed by atoms with van der Waals surface area (Å²) in [5.41, 5.74) is 0.750. The van der Waals surface area contributed by atoms with E-state index in [4.69, 9.17) is 16.3 Å². The van der Waals surface area contributed by atoms with Gasteiger partial charge < -0.3 is 9.84 Å². The molecule has 0 radical (unpaired) electrons. The third-order valence-electron chi connectivity index (χ3n) is 3.85. The largest absolute Gasteiger partial charge is 0.505 e. The van der Waals surface area contributed by atoms with E-state index < -0.39 is 28.7 Å². The van der Waals surface area contributed by atoms with E-state index in [1.807, 2.05) is 0 Å². The van der Waals surface area contributed by atoms with Crippen LogP contribution in [0.5, 0.6) is 11.5 Å². The van der Waals surface area contributed by atoms with Crippen LogP contribution in [0.25, 0.3) is 10.4 Å². The number of ether oxygens (including phenoxy) is 1. The molecule has 0 fully saturated rings. The smallest absolute Gasteiger partial charge is 0.209 e. The summed E-state index contributed by atoms with van der Waals surface area (Å²) in [7, 11) is 1.51. The number of phenolic OH excluding ortho intramolecular Hbond substituents is 1. The van der Waals surface area contributed by atoms with Crippen molar-refractivity contribution in [1.29, 1.82) is 0 Å². The molecule has 1 heterocycles. The minimum absolute atomic E-state index is 0.160. The first-order valence-corrected chi connectivity index (χ1v) is 8.69. The van der Waals surface area contributed by atoms with E-state index in [1.165, 1.54) is 7.11 Å². The van der Waals surface area contributed by atoms with Crippen LogP contribution in [0, 0.1) is 18.6 Å². The molecule has 3 nitrogen and oxygen atoms in total. The van der Waals surface area contributed by atoms with Gasteiger partial charge in [0, 0.05) is 4.88 Å². The lowest BCUT2D eigenvalue weighted by Gasteiger charge is -2.05. The van der Waals surface area contributed by atoms with Crippen molar-refractivity contribution in [3.05, 3.63) is 69.1 Å². The number of carbonyl (C=O) groups excluding carboxylic acids is 1. The number of rotatable bonds is 4. The van der Waals surface area contributed by atoms with Crippen molar-refractivity contribution in [3.8, 4) is 21.9 Å². The van der Waals surface area contributed by atoms with Crippen LogP contribution in [0.1, 0.15) is 20.8 Å². The second kappa shape index (κ2) is 7.05. The zero-order valence-corrected chi connectivity index (χ0v) is 15.3. The number of hydrogen-bond acceptors (Lipinski definition) is 4. The van der Waals surface area contributed by atoms with Crippen LogP contribution in [0.3, 0.4) is 0 Å². The Morgan fingerprint density at radius 2 is 1.92 bits per heavy atom. The maximum Gasteiger partial charge on any atom is 0.209 e. The van der Waals surface area contributed by atoms with E-state index in [-0.39, 0.29) is 4.88 Å². The fourth-order valence-electron chi connectivity index (χ4n) is 2.56. The highest BCUT2D eigenvalue weighted by Crippen LogP contribution is 2.37. The quantitative estimate of drug-likeness (QED) is 0.586. The fraction of sp³-hybridized carbons (Fsp3) is 0.105. The van der Waals surface area contributed by atoms with Crippen molar-refractivity contribution >= 4 is 28.7 Å². The van der Waals surface area contributed by atoms with Crippen molar-refractivity contribution in [3.63, 3.8) is 0 Å². The zero-order valence-electron chi connectivity index (χ0n) is 13.8. The number of ketones is 1. The van der Waals surface area contributed by atoms with Crippen molar-refractivity contribution in [2.24, 2.45) is 0 Å². The van der Waals surface area contributed by atoms with E-state index in [0.717, 1.165) is 39.5 Å². The number of thiophene rings is 1. The van der Waals surface area contributed by atoms with Gasteiger partial charge in [-0.25, -0.2) is 8.78 Å². The second-order valence-corrected chi connectivity index (χ2v) is 7.02. The van der Waals surface area contributed by atoms with E-state index in [9.17, 15) is 18.7 Å². The number of halogens is 3. The summed E-state index contributed by atoms with van der Waals surface area (Å²) < 4.78 is 33.1. The fourth-order valence-corrected chi connectivity index (χ4v) is 3.93. The standard InChI is InChI=1S/C19H13ClF2O3S/c1-9-7-15(18(24)16-12(21)4-5-13(23)17(16)22)26-19(9)10-3-6-14(25-2)11(20)8-10/h3-8,23H,1-2H3. The highest BCUT2D eigenvalue weighted by molar-refractivity contribution is 7.17. The molecule has 1 aromatic heterocycles. The molecule has 1 N–H and O–H groups in total. The number of benzene rings is 2. The molecule has 0 spiro atoms. The monoisotopic (exact) mass is 394 g/mol. The summed E-state index contributed by atoms with van der Waals surface area (Å²) in [6.45, 7) is 1.79. The molecule has 7 heteroatoms. The van der Waals surface area contributed by atoms with Gasteiger partial charge >= 0.3 is 0 Å². The van der Waals surface area contributed by atoms with Crippen LogP contribution >= 0.6 is 22.9 Å². The summed E-state index contributed by atoms with van der Waals surface area (Å²) >= 11 is 7.24. The van der Waals surface area contributed by atoms with E-state index in [0.29, 0.717) is 10.8 Å². The minimum Gasteiger partial charge on any atom is -0.505 e. The van der Waals surface area contributed by atoms with Crippen molar-refractivity contribution in [2.75, 3.05) is 7.11 Å². The summed E-state index contributed by atoms with van der Waals surface area (Å²) in [4.78, 5) is 13.5. The molecule has 0 saturated heterocycles. The lowest BCUT2D eigenvalue weighted by Crippen LogP contribution is -2.06. The Bertz CT molecular complexity index is 1010. The highest BCUT2D eigenvalue weighted by atomic mass is 35.5. The number of aromatic hydroxyl groups is 1. The highest BCUT2D eigenvalue weighted by Gasteiger charge is 2.24. The van der Waals surface area contributed by atoms with Gasteiger partial charge in [-0.1, -0.05) is 11.6 Å². The molecular formula is C19H13ClF2O3S. The molecule has 0 aliphatic heterocycles. The number of aryl methyl sites for hydroxylation is 1. The molecule has 0 saturated carbocycles. The van der Waals surface area contributed by atoms with Crippen LogP contribution in [-0.4, -0.2) is 18.0 Å². The topological polar surface area (TPSA) is 46.5 Å². The van der Waals surface area contributed by atoms with Crippen molar-refractivity contribution in [1.82, 2.24) is 0 Å². The number of carbonyl (C=O) groups is 1. The Morgan fingerprint density at radius 3 is 2.58 bits per heavy atom. The van der Waals surface area contributed by atoms with Crippen molar-refractivity contribution < 1.29 is 23.4 Å². The predicted octanol–water partition coefficient (Wildman–Crippen LogP) is 5.60. The molecule has 3 rings (SSSR count). The van der Waals surface area contributed by atoms with Gasteiger partial charge in [-0.2, -0.15) is 0 Å². The normalized spacial score (nSPS) is 10.8. The van der Waals surface area contributed by atoms with E-state index in [2.05, 4.69) is 0 Å². The third kappa shape index (κ3) is 3.18. The lowest BCUT2D eigenvalue weighted by atomic mass is 10.1. The van der Waals surface area contributed by atoms with Gasteiger partial charge in [0.15, 0.2) is 11.6 Å². The van der Waals surface area contributed by atoms with Gasteiger partial charge in [0.05, 0.1) is 22.6 Å². The first-order chi connectivity index (χ1) is 12.3. The van der Waals surface area contributed by atoms with Gasteiger partial charge in [0.2, 0.25) is 5.78 Å². The van der Waals surface area contributed by atoms with Gasteiger partial charge in [-0.15, -0.1) is 11.3 Å². The minimum atomic E-state index is -1.27. The average molecular weight is 395 g/mol. The maximum absolute atomic E-state index is 14.0. The van der Waals surface area contributed by atoms with E-state index >= 15 is 0 Å². The molecule has 26 heavy (non-hydrogen) atoms. The molecule has 0 atom stereocenters. The Labute approximate surface area is 157 Å². The molecule has 3 aromatic rings. The Kier molecular flexibility index (Phi) is 4.98. The van der Waals surface area contributed by atoms with Crippen LogP contribution in [0.15, 0.2) is 36.4 Å². The number of methoxy groups -OCH3 is 1.